The molecule has 0 aromatic heterocycles. The Morgan fingerprint density at radius 1 is 0.917 bits per heavy atom. The van der Waals surface area contributed by atoms with Crippen LogP contribution >= 0.6 is 0 Å². The minimum absolute atomic E-state index is 0.0443. The summed E-state index contributed by atoms with van der Waals surface area (Å²) in [6.07, 6.45) is 9.31. The maximum Gasteiger partial charge on any atom is 0.303 e. The summed E-state index contributed by atoms with van der Waals surface area (Å²) in [5.41, 5.74) is 0. The average molecular weight is 343 g/mol. The molecule has 1 N–H and O–H groups in total. The first-order chi connectivity index (χ1) is 11.5. The van der Waals surface area contributed by atoms with Gasteiger partial charge in [-0.2, -0.15) is 0 Å². The van der Waals surface area contributed by atoms with Crippen LogP contribution in [0.3, 0.4) is 0 Å². The quantitative estimate of drug-likeness (QED) is 0.492. The molecule has 4 nitrogen and oxygen atoms in total. The van der Waals surface area contributed by atoms with Crippen molar-refractivity contribution >= 4 is 5.97 Å². The van der Waals surface area contributed by atoms with E-state index in [1.165, 1.54) is 19.3 Å². The van der Waals surface area contributed by atoms with Crippen molar-refractivity contribution in [3.8, 4) is 0 Å². The van der Waals surface area contributed by atoms with Crippen LogP contribution < -0.4 is 0 Å². The molecule has 5 unspecified atom stereocenters. The van der Waals surface area contributed by atoms with E-state index >= 15 is 0 Å². The molecule has 0 bridgehead atoms. The van der Waals surface area contributed by atoms with Gasteiger partial charge < -0.3 is 14.6 Å². The molecule has 5 atom stereocenters. The molecule has 24 heavy (non-hydrogen) atoms. The molecule has 1 fully saturated rings. The zero-order valence-electron chi connectivity index (χ0n) is 16.1. The summed E-state index contributed by atoms with van der Waals surface area (Å²) in [7, 11) is 0. The molecule has 0 aliphatic carbocycles. The van der Waals surface area contributed by atoms with Crippen LogP contribution in [0.2, 0.25) is 0 Å². The van der Waals surface area contributed by atoms with Crippen molar-refractivity contribution in [3.63, 3.8) is 0 Å². The molecule has 0 spiro atoms. The van der Waals surface area contributed by atoms with Gasteiger partial charge in [0.1, 0.15) is 0 Å². The minimum Gasteiger partial charge on any atom is -0.481 e. The zero-order chi connectivity index (χ0) is 17.9. The van der Waals surface area contributed by atoms with E-state index in [1.807, 2.05) is 0 Å². The summed E-state index contributed by atoms with van der Waals surface area (Å²) in [6, 6.07) is 0. The van der Waals surface area contributed by atoms with Gasteiger partial charge >= 0.3 is 5.97 Å². The van der Waals surface area contributed by atoms with E-state index in [4.69, 9.17) is 14.6 Å². The number of unbranched alkanes of at least 4 members (excludes halogenated alkanes) is 6. The molecule has 1 rings (SSSR count). The van der Waals surface area contributed by atoms with Crippen molar-refractivity contribution < 1.29 is 19.4 Å². The van der Waals surface area contributed by atoms with E-state index < -0.39 is 5.97 Å². The molecule has 0 aromatic rings. The van der Waals surface area contributed by atoms with Gasteiger partial charge in [0.05, 0.1) is 6.10 Å². The zero-order valence-corrected chi connectivity index (χ0v) is 16.1. The van der Waals surface area contributed by atoms with Gasteiger partial charge in [-0.3, -0.25) is 4.79 Å². The number of rotatable bonds is 12. The molecule has 1 aliphatic heterocycles. The summed E-state index contributed by atoms with van der Waals surface area (Å²) >= 11 is 0. The molecule has 4 heteroatoms. The van der Waals surface area contributed by atoms with Crippen LogP contribution in [-0.2, 0) is 14.3 Å². The standard InChI is InChI=1S/C20H38O4/c1-5-18-16(3)15(2)17(4)20(24-18)23-14-12-10-8-6-7-9-11-13-19(21)22/h15-18,20H,5-14H2,1-4H3,(H,21,22). The fraction of sp³-hybridized carbons (Fsp3) is 0.950. The maximum atomic E-state index is 10.4. The van der Waals surface area contributed by atoms with Gasteiger partial charge in [-0.1, -0.05) is 59.8 Å². The van der Waals surface area contributed by atoms with Crippen LogP contribution in [0, 0.1) is 17.8 Å². The highest BCUT2D eigenvalue weighted by atomic mass is 16.7. The lowest BCUT2D eigenvalue weighted by molar-refractivity contribution is -0.248. The van der Waals surface area contributed by atoms with Crippen LogP contribution in [0.25, 0.3) is 0 Å². The summed E-state index contributed by atoms with van der Waals surface area (Å²) in [5, 5.41) is 8.58. The number of carboxylic acids is 1. The number of carbonyl (C=O) groups is 1. The van der Waals surface area contributed by atoms with Crippen molar-refractivity contribution in [3.05, 3.63) is 0 Å². The second-order valence-electron chi connectivity index (χ2n) is 7.52. The summed E-state index contributed by atoms with van der Waals surface area (Å²) in [4.78, 5) is 10.4. The second-order valence-corrected chi connectivity index (χ2v) is 7.52. The smallest absolute Gasteiger partial charge is 0.303 e. The fourth-order valence-corrected chi connectivity index (χ4v) is 3.61. The van der Waals surface area contributed by atoms with Crippen LogP contribution in [0.15, 0.2) is 0 Å². The Balaban J connectivity index is 2.05. The van der Waals surface area contributed by atoms with E-state index in [0.29, 0.717) is 30.3 Å². The molecule has 1 aliphatic rings. The SMILES string of the molecule is CCC1OC(OCCCCCCCCCC(=O)O)C(C)C(C)C1C. The van der Waals surface area contributed by atoms with Crippen molar-refractivity contribution in [2.24, 2.45) is 17.8 Å². The monoisotopic (exact) mass is 342 g/mol. The first-order valence-electron chi connectivity index (χ1n) is 9.96. The highest BCUT2D eigenvalue weighted by molar-refractivity contribution is 5.66. The van der Waals surface area contributed by atoms with Crippen molar-refractivity contribution in [1.82, 2.24) is 0 Å². The number of hydrogen-bond acceptors (Lipinski definition) is 3. The average Bonchev–Trinajstić information content (AvgIpc) is 2.56. The van der Waals surface area contributed by atoms with Crippen LogP contribution in [0.1, 0.15) is 85.5 Å². The summed E-state index contributed by atoms with van der Waals surface area (Å²) in [6.45, 7) is 9.83. The van der Waals surface area contributed by atoms with E-state index in [-0.39, 0.29) is 6.29 Å². The molecule has 0 radical (unpaired) electrons. The van der Waals surface area contributed by atoms with Crippen molar-refractivity contribution in [2.45, 2.75) is 97.9 Å². The van der Waals surface area contributed by atoms with Crippen molar-refractivity contribution in [2.75, 3.05) is 6.61 Å². The molecular formula is C20H38O4. The van der Waals surface area contributed by atoms with Gasteiger partial charge in [-0.15, -0.1) is 0 Å². The van der Waals surface area contributed by atoms with Crippen molar-refractivity contribution in [1.29, 1.82) is 0 Å². The van der Waals surface area contributed by atoms with E-state index in [0.717, 1.165) is 38.7 Å². The molecule has 142 valence electrons. The lowest BCUT2D eigenvalue weighted by Crippen LogP contribution is -2.45. The van der Waals surface area contributed by atoms with Crippen LogP contribution in [0.4, 0.5) is 0 Å². The number of aliphatic carboxylic acids is 1. The number of ether oxygens (including phenoxy) is 2. The van der Waals surface area contributed by atoms with Gasteiger partial charge in [0.2, 0.25) is 0 Å². The largest absolute Gasteiger partial charge is 0.481 e. The first-order valence-corrected chi connectivity index (χ1v) is 9.96. The van der Waals surface area contributed by atoms with Crippen LogP contribution in [-0.4, -0.2) is 30.1 Å². The van der Waals surface area contributed by atoms with E-state index in [1.54, 1.807) is 0 Å². The molecular weight excluding hydrogens is 304 g/mol. The predicted molar refractivity (Wildman–Crippen MR) is 97.0 cm³/mol. The predicted octanol–water partition coefficient (Wildman–Crippen LogP) is 5.25. The highest BCUT2D eigenvalue weighted by Crippen LogP contribution is 2.36. The maximum absolute atomic E-state index is 10.4. The molecule has 0 aromatic carbocycles. The van der Waals surface area contributed by atoms with Gasteiger partial charge in [0, 0.05) is 18.9 Å². The lowest BCUT2D eigenvalue weighted by atomic mass is 9.78. The third-order valence-electron chi connectivity index (χ3n) is 5.70. The Hall–Kier alpha value is -0.610. The third-order valence-corrected chi connectivity index (χ3v) is 5.70. The van der Waals surface area contributed by atoms with Crippen LogP contribution in [0.5, 0.6) is 0 Å². The van der Waals surface area contributed by atoms with Gasteiger partial charge in [0.25, 0.3) is 0 Å². The molecule has 1 heterocycles. The second kappa shape index (κ2) is 11.9. The van der Waals surface area contributed by atoms with Gasteiger partial charge in [-0.25, -0.2) is 0 Å². The topological polar surface area (TPSA) is 55.8 Å². The van der Waals surface area contributed by atoms with Gasteiger partial charge in [-0.05, 0) is 31.1 Å². The Morgan fingerprint density at radius 3 is 2.08 bits per heavy atom. The third kappa shape index (κ3) is 7.52. The summed E-state index contributed by atoms with van der Waals surface area (Å²) in [5.74, 6) is 1.02. The summed E-state index contributed by atoms with van der Waals surface area (Å²) < 4.78 is 12.2. The Kier molecular flexibility index (Phi) is 10.6. The fourth-order valence-electron chi connectivity index (χ4n) is 3.61. The van der Waals surface area contributed by atoms with Gasteiger partial charge in [0.15, 0.2) is 6.29 Å². The number of carboxylic acid groups (broad SMARTS) is 1. The normalized spacial score (nSPS) is 30.4. The molecule has 0 saturated carbocycles. The highest BCUT2D eigenvalue weighted by Gasteiger charge is 2.38. The van der Waals surface area contributed by atoms with E-state index in [2.05, 4.69) is 27.7 Å². The minimum atomic E-state index is -0.680. The Labute approximate surface area is 148 Å². The Bertz CT molecular complexity index is 343. The first kappa shape index (κ1) is 21.4. The Morgan fingerprint density at radius 2 is 1.50 bits per heavy atom. The molecule has 0 amide bonds. The lowest BCUT2D eigenvalue weighted by Gasteiger charge is -2.43. The van der Waals surface area contributed by atoms with E-state index in [9.17, 15) is 4.79 Å². The molecule has 1 saturated heterocycles. The number of hydrogen-bond donors (Lipinski definition) is 1.